The molecule has 63 valence electrons. The predicted molar refractivity (Wildman–Crippen MR) is 55.9 cm³/mol. The Balaban J connectivity index is 3.10. The van der Waals surface area contributed by atoms with E-state index in [0.717, 1.165) is 10.2 Å². The topological polar surface area (TPSA) is 38.4 Å². The molecule has 2 N–H and O–H groups in total. The number of aryl methyl sites for hydroxylation is 1. The molecule has 0 aliphatic carbocycles. The van der Waals surface area contributed by atoms with E-state index in [1.165, 1.54) is 5.56 Å². The van der Waals surface area contributed by atoms with Gasteiger partial charge in [0.2, 0.25) is 0 Å². The zero-order valence-corrected chi connectivity index (χ0v) is 9.84. The van der Waals surface area contributed by atoms with Crippen molar-refractivity contribution in [3.8, 4) is 0 Å². The fraction of sp³-hybridized carbons (Fsp3) is 0.125. The Morgan fingerprint density at radius 2 is 2.25 bits per heavy atom. The van der Waals surface area contributed by atoms with Gasteiger partial charge in [0.1, 0.15) is 0 Å². The van der Waals surface area contributed by atoms with Crippen molar-refractivity contribution in [1.29, 1.82) is 0 Å². The van der Waals surface area contributed by atoms with Gasteiger partial charge >= 0.3 is 88.2 Å². The molecule has 0 bridgehead atoms. The molecule has 0 unspecified atom stereocenters. The van der Waals surface area contributed by atoms with Gasteiger partial charge in [0, 0.05) is 0 Å². The molecule has 0 spiro atoms. The Morgan fingerprint density at radius 1 is 1.58 bits per heavy atom. The molecule has 0 aromatic heterocycles. The molecule has 1 aromatic rings. The van der Waals surface area contributed by atoms with Crippen LogP contribution in [0.2, 0.25) is 0 Å². The van der Waals surface area contributed by atoms with Crippen LogP contribution in [-0.4, -0.2) is 20.7 Å². The number of hydrogen-bond acceptors (Lipinski definition) is 1. The predicted octanol–water partition coefficient (Wildman–Crippen LogP) is 1.87. The van der Waals surface area contributed by atoms with E-state index in [1.54, 1.807) is 0 Å². The van der Waals surface area contributed by atoms with Crippen LogP contribution in [0.4, 0.5) is 5.69 Å². The maximum absolute atomic E-state index is 5.40. The summed E-state index contributed by atoms with van der Waals surface area (Å²) in [5, 5.41) is 0. The third kappa shape index (κ3) is 2.63. The first-order valence-electron chi connectivity index (χ1n) is 3.37. The first-order chi connectivity index (χ1) is 5.59. The van der Waals surface area contributed by atoms with Crippen molar-refractivity contribution < 1.29 is 0 Å². The van der Waals surface area contributed by atoms with Crippen molar-refractivity contribution in [3.63, 3.8) is 0 Å². The summed E-state index contributed by atoms with van der Waals surface area (Å²) >= 11 is 6.04. The molecule has 0 aliphatic heterocycles. The fourth-order valence-corrected chi connectivity index (χ4v) is 1.61. The molecule has 0 saturated heterocycles. The summed E-state index contributed by atoms with van der Waals surface area (Å²) in [6, 6.07) is 5.91. The summed E-state index contributed by atoms with van der Waals surface area (Å²) in [7, 11) is 0. The van der Waals surface area contributed by atoms with E-state index in [0.29, 0.717) is 4.73 Å². The third-order valence-corrected chi connectivity index (χ3v) is 2.16. The van der Waals surface area contributed by atoms with Crippen LogP contribution in [0.25, 0.3) is 0 Å². The number of nitrogens with zero attached hydrogens (tertiary/aromatic N) is 1. The van der Waals surface area contributed by atoms with Crippen molar-refractivity contribution in [2.75, 3.05) is 0 Å². The average Bonchev–Trinajstić information content (AvgIpc) is 1.94. The summed E-state index contributed by atoms with van der Waals surface area (Å²) in [6.45, 7) is 2.03. The fourth-order valence-electron chi connectivity index (χ4n) is 0.821. The molecule has 0 amide bonds. The van der Waals surface area contributed by atoms with Gasteiger partial charge in [-0.2, -0.15) is 0 Å². The van der Waals surface area contributed by atoms with Gasteiger partial charge in [0.25, 0.3) is 0 Å². The summed E-state index contributed by atoms with van der Waals surface area (Å²) in [6.07, 6.45) is 0. The molecular weight excluding hydrogens is 283 g/mol. The van der Waals surface area contributed by atoms with E-state index in [9.17, 15) is 0 Å². The van der Waals surface area contributed by atoms with Crippen molar-refractivity contribution in [3.05, 3.63) is 28.2 Å². The minimum atomic E-state index is 0.444. The molecule has 1 rings (SSSR count). The minimum absolute atomic E-state index is 0.444. The monoisotopic (exact) mass is 291 g/mol. The van der Waals surface area contributed by atoms with Gasteiger partial charge in [-0.05, 0) is 0 Å². The van der Waals surface area contributed by atoms with Gasteiger partial charge in [-0.1, -0.05) is 0 Å². The van der Waals surface area contributed by atoms with E-state index in [2.05, 4.69) is 36.9 Å². The van der Waals surface area contributed by atoms with Crippen LogP contribution >= 0.6 is 15.9 Å². The van der Waals surface area contributed by atoms with Gasteiger partial charge in [-0.3, -0.25) is 0 Å². The average molecular weight is 291 g/mol. The van der Waals surface area contributed by atoms with Crippen molar-refractivity contribution in [2.24, 2.45) is 10.7 Å². The van der Waals surface area contributed by atoms with Crippen LogP contribution in [-0.2, 0) is 0 Å². The van der Waals surface area contributed by atoms with Crippen LogP contribution in [0.1, 0.15) is 5.56 Å². The molecule has 12 heavy (non-hydrogen) atoms. The van der Waals surface area contributed by atoms with Crippen molar-refractivity contribution in [1.82, 2.24) is 0 Å². The number of rotatable bonds is 1. The normalized spacial score (nSPS) is 11.7. The quantitative estimate of drug-likeness (QED) is 0.479. The van der Waals surface area contributed by atoms with Gasteiger partial charge in [0.15, 0.2) is 0 Å². The second-order valence-electron chi connectivity index (χ2n) is 2.40. The number of amidine groups is 1. The Bertz CT molecular complexity index is 319. The summed E-state index contributed by atoms with van der Waals surface area (Å²) < 4.78 is 1.40. The first-order valence-corrected chi connectivity index (χ1v) is 5.02. The third-order valence-electron chi connectivity index (χ3n) is 1.33. The molecule has 0 atom stereocenters. The maximum atomic E-state index is 5.40. The first kappa shape index (κ1) is 9.78. The molecule has 0 fully saturated rings. The zero-order valence-electron chi connectivity index (χ0n) is 6.54. The second-order valence-corrected chi connectivity index (χ2v) is 4.14. The van der Waals surface area contributed by atoms with Gasteiger partial charge in [0.05, 0.1) is 0 Å². The van der Waals surface area contributed by atoms with E-state index in [-0.39, 0.29) is 0 Å². The van der Waals surface area contributed by atoms with Crippen LogP contribution in [0, 0.1) is 6.92 Å². The van der Waals surface area contributed by atoms with E-state index in [1.807, 2.05) is 25.1 Å². The SMILES string of the molecule is Cc1ccc(N=C(N)[Se])c(Br)c1. The van der Waals surface area contributed by atoms with Crippen LogP contribution < -0.4 is 5.73 Å². The van der Waals surface area contributed by atoms with Crippen molar-refractivity contribution in [2.45, 2.75) is 6.92 Å². The summed E-state index contributed by atoms with van der Waals surface area (Å²) in [4.78, 5) is 4.09. The molecule has 2 nitrogen and oxygen atoms in total. The molecule has 4 heteroatoms. The van der Waals surface area contributed by atoms with E-state index < -0.39 is 0 Å². The Hall–Kier alpha value is -0.311. The molecule has 0 aliphatic rings. The van der Waals surface area contributed by atoms with Crippen LogP contribution in [0.5, 0.6) is 0 Å². The van der Waals surface area contributed by atoms with Crippen LogP contribution in [0.3, 0.4) is 0 Å². The van der Waals surface area contributed by atoms with Crippen molar-refractivity contribution >= 4 is 42.4 Å². The Morgan fingerprint density at radius 3 is 2.75 bits per heavy atom. The van der Waals surface area contributed by atoms with Gasteiger partial charge in [-0.15, -0.1) is 0 Å². The number of halogens is 1. The summed E-state index contributed by atoms with van der Waals surface area (Å²) in [5.74, 6) is 0. The second kappa shape index (κ2) is 4.08. The standard InChI is InChI=1S/C8H8BrN2Se/c1-5-2-3-7(6(9)4-5)11-8(10)12/h2-4H,1H3,(H2,10,11). The molecule has 0 heterocycles. The Labute approximate surface area is 88.2 Å². The number of nitrogens with two attached hydrogens (primary N) is 1. The van der Waals surface area contributed by atoms with E-state index in [4.69, 9.17) is 5.73 Å². The Kier molecular flexibility index (Phi) is 3.32. The van der Waals surface area contributed by atoms with Gasteiger partial charge in [-0.25, -0.2) is 0 Å². The number of benzene rings is 1. The number of hydrogen-bond donors (Lipinski definition) is 1. The molecule has 0 saturated carbocycles. The molecule has 1 radical (unpaired) electrons. The molecule has 1 aromatic carbocycles. The summed E-state index contributed by atoms with van der Waals surface area (Å²) in [5.41, 5.74) is 7.44. The zero-order chi connectivity index (χ0) is 9.14. The van der Waals surface area contributed by atoms with Gasteiger partial charge < -0.3 is 0 Å². The molecular formula is C8H8BrN2Se. The van der Waals surface area contributed by atoms with E-state index >= 15 is 0 Å². The number of aliphatic imine (C=N–C) groups is 1. The van der Waals surface area contributed by atoms with Crippen LogP contribution in [0.15, 0.2) is 27.7 Å².